The number of fused-ring (bicyclic) bond motifs is 3. The number of aryl methyl sites for hydroxylation is 2. The minimum atomic E-state index is -0.398. The van der Waals surface area contributed by atoms with E-state index in [9.17, 15) is 19.2 Å². The van der Waals surface area contributed by atoms with Crippen LogP contribution in [0.3, 0.4) is 0 Å². The zero-order valence-corrected chi connectivity index (χ0v) is 42.7. The van der Waals surface area contributed by atoms with Gasteiger partial charge in [-0.1, -0.05) is 63.6 Å². The molecule has 0 saturated carbocycles. The summed E-state index contributed by atoms with van der Waals surface area (Å²) in [6.45, 7) is 11.6. The van der Waals surface area contributed by atoms with E-state index in [0.29, 0.717) is 74.0 Å². The number of nitrogens with zero attached hydrogens (tertiary/aromatic N) is 1. The summed E-state index contributed by atoms with van der Waals surface area (Å²) in [6.07, 6.45) is 15.3. The molecule has 0 unspecified atom stereocenters. The molecule has 0 spiro atoms. The topological polar surface area (TPSA) is 155 Å². The van der Waals surface area contributed by atoms with Gasteiger partial charge in [0.15, 0.2) is 0 Å². The van der Waals surface area contributed by atoms with Crippen molar-refractivity contribution < 1.29 is 57.1 Å². The molecule has 0 aliphatic carbocycles. The second-order valence-corrected chi connectivity index (χ2v) is 17.8. The standard InChI is InChI=1S/C61H69NO12/c1-4-7-8-13-38-69-49-28-30-50(31-29-49)74-61-55-43-51(72-59(65)36-22-45-18-24-47(25-19-45)67-39-14-9-11-16-41-70-57(63)5-2)32-34-53(55)54-35-33-52(44-56(54)62-61)73-60(66)37-23-46-20-26-48(27-21-46)68-40-15-10-12-17-42-71-58(64)6-3/h5-6,18-21,24-35,43-44H,2-4,7-17,22-23,36-42H2,1H3. The molecule has 1 heterocycles. The van der Waals surface area contributed by atoms with Crippen molar-refractivity contribution in [2.24, 2.45) is 0 Å². The van der Waals surface area contributed by atoms with E-state index in [2.05, 4.69) is 20.1 Å². The predicted octanol–water partition coefficient (Wildman–Crippen LogP) is 13.6. The molecule has 13 heteroatoms. The molecule has 0 aliphatic heterocycles. The smallest absolute Gasteiger partial charge is 0.330 e. The Hall–Kier alpha value is -7.67. The lowest BCUT2D eigenvalue weighted by Crippen LogP contribution is -2.09. The first kappa shape index (κ1) is 55.6. The molecule has 0 aliphatic rings. The monoisotopic (exact) mass is 1010 g/mol. The quantitative estimate of drug-likeness (QED) is 0.0124. The van der Waals surface area contributed by atoms with Gasteiger partial charge in [-0.2, -0.15) is 0 Å². The summed E-state index contributed by atoms with van der Waals surface area (Å²) in [5.74, 6) is 2.23. The van der Waals surface area contributed by atoms with Crippen LogP contribution in [0.1, 0.15) is 108 Å². The first-order valence-corrected chi connectivity index (χ1v) is 25.9. The molecule has 1 aromatic heterocycles. The molecular weight excluding hydrogens is 939 g/mol. The average molecular weight is 1010 g/mol. The summed E-state index contributed by atoms with van der Waals surface area (Å²) in [4.78, 5) is 53.6. The van der Waals surface area contributed by atoms with Gasteiger partial charge >= 0.3 is 23.9 Å². The van der Waals surface area contributed by atoms with E-state index in [4.69, 9.17) is 42.9 Å². The number of carbonyl (C=O) groups excluding carboxylic acids is 4. The van der Waals surface area contributed by atoms with Crippen molar-refractivity contribution in [1.29, 1.82) is 0 Å². The number of aromatic nitrogens is 1. The van der Waals surface area contributed by atoms with Crippen LogP contribution < -0.4 is 28.4 Å². The SMILES string of the molecule is C=CC(=O)OCCCCCCOc1ccc(CCC(=O)Oc2ccc3c(c2)nc(Oc2ccc(OCCCCCC)cc2)c2cc(OC(=O)CCc4ccc(OCCCCCCOC(=O)C=C)cc4)ccc23)cc1. The van der Waals surface area contributed by atoms with E-state index >= 15 is 0 Å². The summed E-state index contributed by atoms with van der Waals surface area (Å²) < 4.78 is 45.9. The molecule has 0 amide bonds. The third-order valence-corrected chi connectivity index (χ3v) is 12.0. The number of ether oxygens (including phenoxy) is 8. The Kier molecular flexibility index (Phi) is 23.3. The minimum absolute atomic E-state index is 0.164. The summed E-state index contributed by atoms with van der Waals surface area (Å²) in [7, 11) is 0. The summed E-state index contributed by atoms with van der Waals surface area (Å²) in [5.41, 5.74) is 2.51. The number of esters is 4. The van der Waals surface area contributed by atoms with Crippen molar-refractivity contribution in [2.75, 3.05) is 33.0 Å². The fourth-order valence-corrected chi connectivity index (χ4v) is 7.90. The normalized spacial score (nSPS) is 10.9. The third kappa shape index (κ3) is 19.4. The van der Waals surface area contributed by atoms with Gasteiger partial charge in [0.05, 0.1) is 38.6 Å². The zero-order chi connectivity index (χ0) is 52.2. The van der Waals surface area contributed by atoms with Crippen LogP contribution in [0.2, 0.25) is 0 Å². The number of pyridine rings is 1. The van der Waals surface area contributed by atoms with Crippen LogP contribution in [-0.4, -0.2) is 61.9 Å². The van der Waals surface area contributed by atoms with Crippen molar-refractivity contribution in [3.8, 4) is 40.4 Å². The number of carbonyl (C=O) groups is 4. The highest BCUT2D eigenvalue weighted by Crippen LogP contribution is 2.37. The molecule has 5 aromatic carbocycles. The second-order valence-electron chi connectivity index (χ2n) is 17.8. The van der Waals surface area contributed by atoms with Crippen LogP contribution in [0.15, 0.2) is 135 Å². The van der Waals surface area contributed by atoms with E-state index < -0.39 is 11.9 Å². The van der Waals surface area contributed by atoms with Crippen LogP contribution in [0.5, 0.6) is 40.4 Å². The maximum atomic E-state index is 13.2. The highest BCUT2D eigenvalue weighted by atomic mass is 16.5. The predicted molar refractivity (Wildman–Crippen MR) is 286 cm³/mol. The van der Waals surface area contributed by atoms with E-state index in [1.54, 1.807) is 24.3 Å². The number of benzene rings is 5. The highest BCUT2D eigenvalue weighted by molar-refractivity contribution is 6.08. The Morgan fingerprint density at radius 1 is 0.446 bits per heavy atom. The second kappa shape index (κ2) is 31.0. The van der Waals surface area contributed by atoms with E-state index in [0.717, 1.165) is 110 Å². The lowest BCUT2D eigenvalue weighted by Gasteiger charge is -2.14. The van der Waals surface area contributed by atoms with E-state index in [1.165, 1.54) is 18.6 Å². The van der Waals surface area contributed by atoms with Gasteiger partial charge in [-0.3, -0.25) is 9.59 Å². The summed E-state index contributed by atoms with van der Waals surface area (Å²) >= 11 is 0. The zero-order valence-electron chi connectivity index (χ0n) is 42.7. The maximum Gasteiger partial charge on any atom is 0.330 e. The molecule has 6 aromatic rings. The molecule has 0 radical (unpaired) electrons. The van der Waals surface area contributed by atoms with Crippen LogP contribution >= 0.6 is 0 Å². The average Bonchev–Trinajstić information content (AvgIpc) is 3.42. The fourth-order valence-electron chi connectivity index (χ4n) is 7.90. The van der Waals surface area contributed by atoms with Crippen molar-refractivity contribution in [3.05, 3.63) is 146 Å². The fraction of sp³-hybridized carbons (Fsp3) is 0.361. The number of hydrogen-bond acceptors (Lipinski definition) is 13. The van der Waals surface area contributed by atoms with Gasteiger partial charge in [-0.15, -0.1) is 0 Å². The highest BCUT2D eigenvalue weighted by Gasteiger charge is 2.16. The maximum absolute atomic E-state index is 13.2. The van der Waals surface area contributed by atoms with Gasteiger partial charge in [0, 0.05) is 41.8 Å². The van der Waals surface area contributed by atoms with Crippen LogP contribution in [-0.2, 0) is 41.5 Å². The first-order chi connectivity index (χ1) is 36.2. The Labute approximate surface area is 434 Å². The Balaban J connectivity index is 1.04. The Morgan fingerprint density at radius 2 is 0.851 bits per heavy atom. The van der Waals surface area contributed by atoms with E-state index in [-0.39, 0.29) is 30.7 Å². The molecule has 390 valence electrons. The molecule has 0 atom stereocenters. The molecule has 74 heavy (non-hydrogen) atoms. The summed E-state index contributed by atoms with van der Waals surface area (Å²) in [5, 5.41) is 2.23. The largest absolute Gasteiger partial charge is 0.494 e. The third-order valence-electron chi connectivity index (χ3n) is 12.0. The molecule has 6 rings (SSSR count). The lowest BCUT2D eigenvalue weighted by molar-refractivity contribution is -0.138. The number of hydrogen-bond donors (Lipinski definition) is 0. The van der Waals surface area contributed by atoms with Gasteiger partial charge in [-0.05, 0) is 166 Å². The van der Waals surface area contributed by atoms with Crippen LogP contribution in [0.25, 0.3) is 21.7 Å². The molecule has 0 bridgehead atoms. The van der Waals surface area contributed by atoms with Gasteiger partial charge in [0.25, 0.3) is 0 Å². The van der Waals surface area contributed by atoms with Crippen molar-refractivity contribution in [2.45, 2.75) is 110 Å². The van der Waals surface area contributed by atoms with Crippen LogP contribution in [0.4, 0.5) is 0 Å². The van der Waals surface area contributed by atoms with Crippen molar-refractivity contribution in [1.82, 2.24) is 4.98 Å². The minimum Gasteiger partial charge on any atom is -0.494 e. The number of rotatable bonds is 34. The van der Waals surface area contributed by atoms with Gasteiger partial charge < -0.3 is 37.9 Å². The van der Waals surface area contributed by atoms with Crippen LogP contribution in [0, 0.1) is 0 Å². The van der Waals surface area contributed by atoms with Gasteiger partial charge in [0.1, 0.15) is 34.5 Å². The summed E-state index contributed by atoms with van der Waals surface area (Å²) in [6, 6.07) is 33.5. The molecule has 0 N–H and O–H groups in total. The van der Waals surface area contributed by atoms with Gasteiger partial charge in [-0.25, -0.2) is 14.6 Å². The number of unbranched alkanes of at least 4 members (excludes halogenated alkanes) is 9. The molecule has 13 nitrogen and oxygen atoms in total. The van der Waals surface area contributed by atoms with E-state index in [1.807, 2.05) is 84.9 Å². The van der Waals surface area contributed by atoms with Crippen molar-refractivity contribution in [3.63, 3.8) is 0 Å². The lowest BCUT2D eigenvalue weighted by atomic mass is 10.1. The molecule has 0 fully saturated rings. The molecular formula is C61H69NO12. The Bertz CT molecular complexity index is 2730. The Morgan fingerprint density at radius 3 is 1.32 bits per heavy atom. The molecule has 0 saturated heterocycles. The van der Waals surface area contributed by atoms with Gasteiger partial charge in [0.2, 0.25) is 5.88 Å². The van der Waals surface area contributed by atoms with Crippen molar-refractivity contribution >= 4 is 45.6 Å². The first-order valence-electron chi connectivity index (χ1n) is 25.9.